The normalized spacial score (nSPS) is 10.8. The second-order valence-corrected chi connectivity index (χ2v) is 8.66. The highest BCUT2D eigenvalue weighted by atomic mass is 35.5. The number of nitrogens with one attached hydrogen (secondary N) is 1. The quantitative estimate of drug-likeness (QED) is 0.421. The summed E-state index contributed by atoms with van der Waals surface area (Å²) in [5.74, 6) is 1.80. The fourth-order valence-corrected chi connectivity index (χ4v) is 4.22. The fourth-order valence-electron chi connectivity index (χ4n) is 2.49. The molecule has 5 nitrogen and oxygen atoms in total. The van der Waals surface area contributed by atoms with Crippen LogP contribution in [0.1, 0.15) is 5.56 Å². The van der Waals surface area contributed by atoms with Crippen molar-refractivity contribution in [1.29, 1.82) is 0 Å². The molecule has 1 aromatic heterocycles. The van der Waals surface area contributed by atoms with Gasteiger partial charge in [0.1, 0.15) is 0 Å². The van der Waals surface area contributed by atoms with Crippen molar-refractivity contribution in [2.45, 2.75) is 17.0 Å². The lowest BCUT2D eigenvalue weighted by atomic mass is 10.2. The maximum absolute atomic E-state index is 12.1. The zero-order chi connectivity index (χ0) is 19.9. The Kier molecular flexibility index (Phi) is 7.42. The molecular formula is C20H21ClN4OS2. The average molecular weight is 433 g/mol. The van der Waals surface area contributed by atoms with E-state index in [1.165, 1.54) is 22.2 Å². The van der Waals surface area contributed by atoms with Gasteiger partial charge < -0.3 is 9.88 Å². The molecule has 1 heterocycles. The van der Waals surface area contributed by atoms with Crippen molar-refractivity contribution in [2.24, 2.45) is 7.05 Å². The monoisotopic (exact) mass is 432 g/mol. The number of aryl methyl sites for hydroxylation is 1. The molecule has 0 aliphatic heterocycles. The number of thioether (sulfide) groups is 2. The third-order valence-corrected chi connectivity index (χ3v) is 6.36. The number of halogens is 1. The number of nitrogens with zero attached hydrogens (tertiary/aromatic N) is 3. The van der Waals surface area contributed by atoms with Gasteiger partial charge in [0.25, 0.3) is 0 Å². The third kappa shape index (κ3) is 5.53. The number of amides is 1. The minimum atomic E-state index is -0.0169. The molecule has 0 aliphatic rings. The zero-order valence-electron chi connectivity index (χ0n) is 15.7. The van der Waals surface area contributed by atoms with E-state index in [1.807, 2.05) is 35.9 Å². The van der Waals surface area contributed by atoms with Gasteiger partial charge in [-0.2, -0.15) is 0 Å². The highest BCUT2D eigenvalue weighted by Crippen LogP contribution is 2.28. The number of benzene rings is 2. The van der Waals surface area contributed by atoms with Gasteiger partial charge in [0.2, 0.25) is 5.91 Å². The first-order valence-corrected chi connectivity index (χ1v) is 11.1. The van der Waals surface area contributed by atoms with Gasteiger partial charge in [-0.3, -0.25) is 4.79 Å². The van der Waals surface area contributed by atoms with E-state index < -0.39 is 0 Å². The van der Waals surface area contributed by atoms with Crippen molar-refractivity contribution in [1.82, 2.24) is 20.1 Å². The van der Waals surface area contributed by atoms with Crippen LogP contribution in [0.5, 0.6) is 0 Å². The summed E-state index contributed by atoms with van der Waals surface area (Å²) in [6.07, 6.45) is 0. The second kappa shape index (κ2) is 10.0. The first kappa shape index (κ1) is 20.8. The maximum Gasteiger partial charge on any atom is 0.230 e. The van der Waals surface area contributed by atoms with Crippen LogP contribution in [0.25, 0.3) is 11.4 Å². The number of hydrogen-bond donors (Lipinski definition) is 1. The topological polar surface area (TPSA) is 59.8 Å². The lowest BCUT2D eigenvalue weighted by Crippen LogP contribution is -2.27. The predicted octanol–water partition coefficient (Wildman–Crippen LogP) is 4.44. The Morgan fingerprint density at radius 2 is 1.86 bits per heavy atom. The van der Waals surface area contributed by atoms with Gasteiger partial charge in [0, 0.05) is 29.8 Å². The summed E-state index contributed by atoms with van der Waals surface area (Å²) in [6.45, 7) is 2.70. The van der Waals surface area contributed by atoms with Crippen molar-refractivity contribution in [3.63, 3.8) is 0 Å². The summed E-state index contributed by atoms with van der Waals surface area (Å²) < 4.78 is 1.85. The van der Waals surface area contributed by atoms with E-state index in [4.69, 9.17) is 11.6 Å². The van der Waals surface area contributed by atoms with Crippen molar-refractivity contribution in [3.05, 3.63) is 59.1 Å². The first-order valence-electron chi connectivity index (χ1n) is 8.78. The van der Waals surface area contributed by atoms with Crippen LogP contribution in [-0.4, -0.2) is 38.7 Å². The van der Waals surface area contributed by atoms with E-state index in [-0.39, 0.29) is 5.91 Å². The average Bonchev–Trinajstić information content (AvgIpc) is 3.06. The predicted molar refractivity (Wildman–Crippen MR) is 117 cm³/mol. The van der Waals surface area contributed by atoms with E-state index in [1.54, 1.807) is 11.8 Å². The molecule has 3 aromatic rings. The van der Waals surface area contributed by atoms with Gasteiger partial charge in [-0.15, -0.1) is 22.0 Å². The summed E-state index contributed by atoms with van der Waals surface area (Å²) in [4.78, 5) is 13.3. The van der Waals surface area contributed by atoms with Gasteiger partial charge in [-0.25, -0.2) is 0 Å². The number of aromatic nitrogens is 3. The van der Waals surface area contributed by atoms with E-state index in [2.05, 4.69) is 46.7 Å². The van der Waals surface area contributed by atoms with Crippen molar-refractivity contribution in [2.75, 3.05) is 18.1 Å². The number of hydrogen-bond acceptors (Lipinski definition) is 5. The standard InChI is InChI=1S/C20H21ClN4OS2/c1-14-7-9-15(10-8-14)27-12-11-22-18(26)13-28-20-24-23-19(25(20)2)16-5-3-4-6-17(16)21/h3-10H,11-13H2,1-2H3,(H,22,26). The van der Waals surface area contributed by atoms with Gasteiger partial charge in [0.15, 0.2) is 11.0 Å². The minimum absolute atomic E-state index is 0.0169. The summed E-state index contributed by atoms with van der Waals surface area (Å²) in [5.41, 5.74) is 2.07. The molecule has 2 aromatic carbocycles. The Hall–Kier alpha value is -1.96. The van der Waals surface area contributed by atoms with Crippen LogP contribution >= 0.6 is 35.1 Å². The van der Waals surface area contributed by atoms with Crippen LogP contribution < -0.4 is 5.32 Å². The van der Waals surface area contributed by atoms with Crippen LogP contribution in [0.15, 0.2) is 58.6 Å². The van der Waals surface area contributed by atoms with Crippen molar-refractivity contribution in [3.8, 4) is 11.4 Å². The molecule has 1 N–H and O–H groups in total. The number of carbonyl (C=O) groups excluding carboxylic acids is 1. The highest BCUT2D eigenvalue weighted by molar-refractivity contribution is 7.99. The van der Waals surface area contributed by atoms with Gasteiger partial charge >= 0.3 is 0 Å². The van der Waals surface area contributed by atoms with E-state index in [0.29, 0.717) is 28.3 Å². The number of carbonyl (C=O) groups is 1. The van der Waals surface area contributed by atoms with Crippen LogP contribution in [0.3, 0.4) is 0 Å². The Bertz CT molecular complexity index is 944. The van der Waals surface area contributed by atoms with E-state index >= 15 is 0 Å². The Morgan fingerprint density at radius 1 is 1.11 bits per heavy atom. The molecule has 0 saturated carbocycles. The lowest BCUT2D eigenvalue weighted by Gasteiger charge is -2.06. The molecule has 28 heavy (non-hydrogen) atoms. The molecule has 1 amide bonds. The SMILES string of the molecule is Cc1ccc(SCCNC(=O)CSc2nnc(-c3ccccc3Cl)n2C)cc1. The molecule has 0 aliphatic carbocycles. The molecule has 8 heteroatoms. The largest absolute Gasteiger partial charge is 0.355 e. The third-order valence-electron chi connectivity index (χ3n) is 4.00. The van der Waals surface area contributed by atoms with Crippen LogP contribution in [-0.2, 0) is 11.8 Å². The Labute approximate surface area is 178 Å². The summed E-state index contributed by atoms with van der Waals surface area (Å²) in [7, 11) is 1.87. The molecule has 3 rings (SSSR count). The Balaban J connectivity index is 1.45. The minimum Gasteiger partial charge on any atom is -0.355 e. The second-order valence-electron chi connectivity index (χ2n) is 6.15. The zero-order valence-corrected chi connectivity index (χ0v) is 18.1. The summed E-state index contributed by atoms with van der Waals surface area (Å²) in [5, 5.41) is 12.6. The molecule has 0 bridgehead atoms. The van der Waals surface area contributed by atoms with Crippen LogP contribution in [0.2, 0.25) is 5.02 Å². The van der Waals surface area contributed by atoms with Gasteiger partial charge in [-0.05, 0) is 31.2 Å². The number of rotatable bonds is 8. The maximum atomic E-state index is 12.1. The van der Waals surface area contributed by atoms with E-state index in [9.17, 15) is 4.79 Å². The molecule has 0 saturated heterocycles. The molecule has 0 spiro atoms. The van der Waals surface area contributed by atoms with Gasteiger partial charge in [-0.1, -0.05) is 53.2 Å². The smallest absolute Gasteiger partial charge is 0.230 e. The molecule has 146 valence electrons. The van der Waals surface area contributed by atoms with Crippen LogP contribution in [0, 0.1) is 6.92 Å². The molecule has 0 atom stereocenters. The first-order chi connectivity index (χ1) is 13.5. The summed E-state index contributed by atoms with van der Waals surface area (Å²) >= 11 is 9.33. The van der Waals surface area contributed by atoms with Crippen LogP contribution in [0.4, 0.5) is 0 Å². The summed E-state index contributed by atoms with van der Waals surface area (Å²) in [6, 6.07) is 15.9. The Morgan fingerprint density at radius 3 is 2.61 bits per heavy atom. The molecule has 0 fully saturated rings. The van der Waals surface area contributed by atoms with E-state index in [0.717, 1.165) is 11.3 Å². The lowest BCUT2D eigenvalue weighted by molar-refractivity contribution is -0.118. The molecular weight excluding hydrogens is 412 g/mol. The van der Waals surface area contributed by atoms with Crippen molar-refractivity contribution >= 4 is 41.0 Å². The highest BCUT2D eigenvalue weighted by Gasteiger charge is 2.14. The van der Waals surface area contributed by atoms with Gasteiger partial charge in [0.05, 0.1) is 10.8 Å². The van der Waals surface area contributed by atoms with Crippen molar-refractivity contribution < 1.29 is 4.79 Å². The molecule has 0 radical (unpaired) electrons. The molecule has 0 unspecified atom stereocenters. The fraction of sp³-hybridized carbons (Fsp3) is 0.250.